The number of hydrogen-bond donors (Lipinski definition) is 0. The van der Waals surface area contributed by atoms with Crippen LogP contribution < -0.4 is 10.7 Å². The SMILES string of the molecule is O=C(CCCn1c(=O)oc2cc([N+](=O)[O-])ccc21)N1CCc2c(F)cc(F)cc21. The lowest BCUT2D eigenvalue weighted by molar-refractivity contribution is -0.384. The number of nitrogens with zero attached hydrogens (tertiary/aromatic N) is 3. The maximum absolute atomic E-state index is 13.8. The number of nitro groups is 1. The minimum absolute atomic E-state index is 0.0592. The molecule has 0 radical (unpaired) electrons. The molecule has 10 heteroatoms. The van der Waals surface area contributed by atoms with Gasteiger partial charge >= 0.3 is 5.76 Å². The van der Waals surface area contributed by atoms with Crippen molar-refractivity contribution in [3.63, 3.8) is 0 Å². The first-order valence-corrected chi connectivity index (χ1v) is 8.91. The van der Waals surface area contributed by atoms with Gasteiger partial charge in [0.15, 0.2) is 5.58 Å². The molecule has 0 aliphatic carbocycles. The smallest absolute Gasteiger partial charge is 0.407 e. The second-order valence-electron chi connectivity index (χ2n) is 6.71. The van der Waals surface area contributed by atoms with Gasteiger partial charge in [0.1, 0.15) is 11.6 Å². The second kappa shape index (κ2) is 7.12. The molecule has 0 unspecified atom stereocenters. The molecule has 1 aromatic heterocycles. The molecule has 1 aliphatic rings. The standard InChI is InChI=1S/C19H15F2N3O5/c20-11-8-14(21)13-5-7-22(16(13)9-11)18(25)2-1-6-23-15-4-3-12(24(27)28)10-17(15)29-19(23)26/h3-4,8-10H,1-2,5-7H2. The molecule has 0 N–H and O–H groups in total. The largest absolute Gasteiger partial charge is 0.419 e. The van der Waals surface area contributed by atoms with Crippen LogP contribution in [0.4, 0.5) is 20.2 Å². The number of halogens is 2. The summed E-state index contributed by atoms with van der Waals surface area (Å²) in [5.74, 6) is -2.39. The van der Waals surface area contributed by atoms with Crippen LogP contribution in [0, 0.1) is 21.7 Å². The minimum Gasteiger partial charge on any atom is -0.407 e. The molecule has 0 saturated heterocycles. The number of carbonyl (C=O) groups is 1. The highest BCUT2D eigenvalue weighted by molar-refractivity contribution is 5.95. The molecule has 1 amide bonds. The van der Waals surface area contributed by atoms with Crippen LogP contribution in [0.1, 0.15) is 18.4 Å². The summed E-state index contributed by atoms with van der Waals surface area (Å²) < 4.78 is 33.7. The van der Waals surface area contributed by atoms with E-state index in [4.69, 9.17) is 4.42 Å². The molecule has 2 aromatic carbocycles. The fourth-order valence-electron chi connectivity index (χ4n) is 3.59. The van der Waals surface area contributed by atoms with E-state index < -0.39 is 22.3 Å². The monoisotopic (exact) mass is 403 g/mol. The molecule has 0 saturated carbocycles. The number of nitro benzene ring substituents is 1. The maximum Gasteiger partial charge on any atom is 0.419 e. The van der Waals surface area contributed by atoms with Gasteiger partial charge in [-0.3, -0.25) is 19.5 Å². The molecule has 0 bridgehead atoms. The number of aryl methyl sites for hydroxylation is 1. The summed E-state index contributed by atoms with van der Waals surface area (Å²) in [5.41, 5.74) is 0.850. The first-order chi connectivity index (χ1) is 13.8. The fourth-order valence-corrected chi connectivity index (χ4v) is 3.59. The molecule has 0 fully saturated rings. The van der Waals surface area contributed by atoms with Crippen LogP contribution in [0.2, 0.25) is 0 Å². The number of aromatic nitrogens is 1. The molecule has 3 aromatic rings. The van der Waals surface area contributed by atoms with E-state index in [1.807, 2.05) is 0 Å². The van der Waals surface area contributed by atoms with Crippen LogP contribution in [0.5, 0.6) is 0 Å². The van der Waals surface area contributed by atoms with Gasteiger partial charge in [-0.15, -0.1) is 0 Å². The average molecular weight is 403 g/mol. The van der Waals surface area contributed by atoms with E-state index in [-0.39, 0.29) is 48.8 Å². The molecule has 8 nitrogen and oxygen atoms in total. The Bertz CT molecular complexity index is 1200. The van der Waals surface area contributed by atoms with Gasteiger partial charge in [0.25, 0.3) is 5.69 Å². The summed E-state index contributed by atoms with van der Waals surface area (Å²) in [4.78, 5) is 36.1. The number of rotatable bonds is 5. The zero-order valence-electron chi connectivity index (χ0n) is 15.1. The number of hydrogen-bond acceptors (Lipinski definition) is 5. The van der Waals surface area contributed by atoms with Crippen LogP contribution in [0.25, 0.3) is 11.1 Å². The molecule has 29 heavy (non-hydrogen) atoms. The Morgan fingerprint density at radius 1 is 1.24 bits per heavy atom. The number of oxazole rings is 1. The highest BCUT2D eigenvalue weighted by Crippen LogP contribution is 2.31. The molecule has 4 rings (SSSR count). The number of fused-ring (bicyclic) bond motifs is 2. The van der Waals surface area contributed by atoms with Crippen molar-refractivity contribution in [2.45, 2.75) is 25.8 Å². The van der Waals surface area contributed by atoms with Crippen LogP contribution in [-0.2, 0) is 17.8 Å². The van der Waals surface area contributed by atoms with E-state index in [0.29, 0.717) is 17.5 Å². The Labute approximate surface area is 162 Å². The van der Waals surface area contributed by atoms with Crippen molar-refractivity contribution in [2.75, 3.05) is 11.4 Å². The summed E-state index contributed by atoms with van der Waals surface area (Å²) >= 11 is 0. The number of benzene rings is 2. The molecule has 1 aliphatic heterocycles. The number of amides is 1. The Balaban J connectivity index is 1.47. The first kappa shape index (κ1) is 18.8. The average Bonchev–Trinajstić information content (AvgIpc) is 3.22. The maximum atomic E-state index is 13.8. The zero-order valence-corrected chi connectivity index (χ0v) is 15.1. The van der Waals surface area contributed by atoms with E-state index in [1.165, 1.54) is 27.7 Å². The van der Waals surface area contributed by atoms with Gasteiger partial charge in [0.2, 0.25) is 5.91 Å². The van der Waals surface area contributed by atoms with E-state index in [9.17, 15) is 28.5 Å². The Morgan fingerprint density at radius 3 is 2.79 bits per heavy atom. The van der Waals surface area contributed by atoms with E-state index in [0.717, 1.165) is 12.1 Å². The third kappa shape index (κ3) is 3.37. The number of carbonyl (C=O) groups excluding carboxylic acids is 1. The van der Waals surface area contributed by atoms with Crippen molar-refractivity contribution in [2.24, 2.45) is 0 Å². The second-order valence-corrected chi connectivity index (χ2v) is 6.71. The van der Waals surface area contributed by atoms with Crippen LogP contribution in [0.15, 0.2) is 39.5 Å². The van der Waals surface area contributed by atoms with Crippen molar-refractivity contribution in [3.05, 3.63) is 68.2 Å². The van der Waals surface area contributed by atoms with E-state index >= 15 is 0 Å². The quantitative estimate of drug-likeness (QED) is 0.481. The molecular formula is C19H15F2N3O5. The number of anilines is 1. The normalized spacial score (nSPS) is 13.1. The van der Waals surface area contributed by atoms with Crippen LogP contribution in [-0.4, -0.2) is 21.9 Å². The van der Waals surface area contributed by atoms with Crippen LogP contribution >= 0.6 is 0 Å². The lowest BCUT2D eigenvalue weighted by Gasteiger charge is -2.17. The summed E-state index contributed by atoms with van der Waals surface area (Å²) in [7, 11) is 0. The van der Waals surface area contributed by atoms with Crippen LogP contribution in [0.3, 0.4) is 0 Å². The van der Waals surface area contributed by atoms with Crippen molar-refractivity contribution in [1.29, 1.82) is 0 Å². The molecule has 150 valence electrons. The van der Waals surface area contributed by atoms with Gasteiger partial charge in [0, 0.05) is 37.2 Å². The summed E-state index contributed by atoms with van der Waals surface area (Å²) in [6.45, 7) is 0.431. The summed E-state index contributed by atoms with van der Waals surface area (Å²) in [5, 5.41) is 10.8. The van der Waals surface area contributed by atoms with Gasteiger partial charge in [0.05, 0.1) is 22.2 Å². The Hall–Kier alpha value is -3.56. The fraction of sp³-hybridized carbons (Fsp3) is 0.263. The molecule has 0 atom stereocenters. The lowest BCUT2D eigenvalue weighted by Crippen LogP contribution is -2.29. The van der Waals surface area contributed by atoms with Gasteiger partial charge in [-0.05, 0) is 25.0 Å². The molecule has 0 spiro atoms. The van der Waals surface area contributed by atoms with Crippen molar-refractivity contribution in [1.82, 2.24) is 4.57 Å². The van der Waals surface area contributed by atoms with Gasteiger partial charge < -0.3 is 9.32 Å². The third-order valence-electron chi connectivity index (χ3n) is 4.95. The van der Waals surface area contributed by atoms with E-state index in [2.05, 4.69) is 0 Å². The Morgan fingerprint density at radius 2 is 2.03 bits per heavy atom. The topological polar surface area (TPSA) is 98.6 Å². The predicted octanol–water partition coefficient (Wildman–Crippen LogP) is 3.15. The van der Waals surface area contributed by atoms with Gasteiger partial charge in [-0.2, -0.15) is 0 Å². The van der Waals surface area contributed by atoms with Gasteiger partial charge in [-0.1, -0.05) is 0 Å². The predicted molar refractivity (Wildman–Crippen MR) is 98.8 cm³/mol. The van der Waals surface area contributed by atoms with Crippen molar-refractivity contribution >= 4 is 28.4 Å². The molecular weight excluding hydrogens is 388 g/mol. The zero-order chi connectivity index (χ0) is 20.7. The van der Waals surface area contributed by atoms with Gasteiger partial charge in [-0.25, -0.2) is 13.6 Å². The lowest BCUT2D eigenvalue weighted by atomic mass is 10.1. The number of non-ortho nitro benzene ring substituents is 1. The molecule has 2 heterocycles. The van der Waals surface area contributed by atoms with E-state index in [1.54, 1.807) is 0 Å². The minimum atomic E-state index is -0.744. The highest BCUT2D eigenvalue weighted by atomic mass is 19.1. The summed E-state index contributed by atoms with van der Waals surface area (Å²) in [6.07, 6.45) is 0.662. The third-order valence-corrected chi connectivity index (χ3v) is 4.95. The van der Waals surface area contributed by atoms with Crippen molar-refractivity contribution < 1.29 is 22.9 Å². The van der Waals surface area contributed by atoms with Crippen molar-refractivity contribution in [3.8, 4) is 0 Å². The first-order valence-electron chi connectivity index (χ1n) is 8.91. The Kier molecular flexibility index (Phi) is 4.61. The highest BCUT2D eigenvalue weighted by Gasteiger charge is 2.27. The summed E-state index contributed by atoms with van der Waals surface area (Å²) in [6, 6.07) is 5.80.